The molecule has 106 valence electrons. The van der Waals surface area contributed by atoms with Gasteiger partial charge in [-0.25, -0.2) is 0 Å². The Morgan fingerprint density at radius 3 is 2.44 bits per heavy atom. The molecular formula is C12H21F3N2S. The molecule has 0 fully saturated rings. The Balaban J connectivity index is 2.27. The molecule has 0 aromatic rings. The second kappa shape index (κ2) is 6.68. The van der Waals surface area contributed by atoms with Crippen molar-refractivity contribution in [2.45, 2.75) is 45.7 Å². The lowest BCUT2D eigenvalue weighted by Gasteiger charge is -2.33. The highest BCUT2D eigenvalue weighted by atomic mass is 32.2. The van der Waals surface area contributed by atoms with E-state index in [9.17, 15) is 13.2 Å². The number of hydrogen-bond acceptors (Lipinski definition) is 3. The summed E-state index contributed by atoms with van der Waals surface area (Å²) in [5.74, 6) is 1.01. The highest BCUT2D eigenvalue weighted by Gasteiger charge is 2.30. The summed E-state index contributed by atoms with van der Waals surface area (Å²) >= 11 is 1.63. The lowest BCUT2D eigenvalue weighted by atomic mass is 9.84. The van der Waals surface area contributed by atoms with Gasteiger partial charge in [-0.05, 0) is 24.7 Å². The monoisotopic (exact) mass is 282 g/mol. The smallest absolute Gasteiger partial charge is 0.365 e. The first-order valence-electron chi connectivity index (χ1n) is 6.39. The number of nitrogens with zero attached hydrogens (tertiary/aromatic N) is 1. The van der Waals surface area contributed by atoms with Crippen molar-refractivity contribution in [2.24, 2.45) is 10.4 Å². The molecule has 1 N–H and O–H groups in total. The van der Waals surface area contributed by atoms with Crippen LogP contribution in [0.4, 0.5) is 13.2 Å². The number of hydrogen-bond donors (Lipinski definition) is 1. The van der Waals surface area contributed by atoms with Gasteiger partial charge in [-0.15, -0.1) is 0 Å². The van der Waals surface area contributed by atoms with Crippen LogP contribution >= 0.6 is 11.8 Å². The molecule has 0 aliphatic carbocycles. The van der Waals surface area contributed by atoms with E-state index >= 15 is 0 Å². The van der Waals surface area contributed by atoms with E-state index in [1.165, 1.54) is 0 Å². The Kier molecular flexibility index (Phi) is 5.82. The van der Waals surface area contributed by atoms with Crippen LogP contribution in [0.25, 0.3) is 0 Å². The zero-order chi connectivity index (χ0) is 13.6. The van der Waals surface area contributed by atoms with E-state index in [1.807, 2.05) is 0 Å². The minimum Gasteiger partial charge on any atom is -0.365 e. The summed E-state index contributed by atoms with van der Waals surface area (Å²) in [4.78, 5) is 4.45. The van der Waals surface area contributed by atoms with E-state index in [4.69, 9.17) is 0 Å². The van der Waals surface area contributed by atoms with E-state index in [1.54, 1.807) is 11.8 Å². The molecule has 18 heavy (non-hydrogen) atoms. The molecule has 6 heteroatoms. The summed E-state index contributed by atoms with van der Waals surface area (Å²) in [6.07, 6.45) is -2.48. The van der Waals surface area contributed by atoms with Crippen LogP contribution in [0.5, 0.6) is 0 Å². The number of alkyl halides is 3. The summed E-state index contributed by atoms with van der Waals surface area (Å²) in [5.41, 5.74) is 0.280. The molecule has 0 unspecified atom stereocenters. The van der Waals surface area contributed by atoms with Gasteiger partial charge in [0.2, 0.25) is 0 Å². The van der Waals surface area contributed by atoms with Crippen LogP contribution < -0.4 is 5.32 Å². The Hall–Kier alpha value is -0.390. The number of amidine groups is 1. The van der Waals surface area contributed by atoms with Crippen molar-refractivity contribution in [2.75, 3.05) is 18.8 Å². The fourth-order valence-electron chi connectivity index (χ4n) is 1.82. The maximum absolute atomic E-state index is 12.0. The van der Waals surface area contributed by atoms with Crippen LogP contribution in [0.3, 0.4) is 0 Å². The number of rotatable bonds is 5. The van der Waals surface area contributed by atoms with Crippen molar-refractivity contribution in [1.29, 1.82) is 0 Å². The van der Waals surface area contributed by atoms with E-state index in [0.717, 1.165) is 30.3 Å². The van der Waals surface area contributed by atoms with E-state index in [-0.39, 0.29) is 11.8 Å². The maximum Gasteiger partial charge on any atom is 0.389 e. The zero-order valence-corrected chi connectivity index (χ0v) is 11.8. The van der Waals surface area contributed by atoms with Crippen molar-refractivity contribution in [3.05, 3.63) is 0 Å². The number of thioether (sulfide) groups is 1. The molecule has 0 aromatic carbocycles. The van der Waals surface area contributed by atoms with Crippen LogP contribution in [0.2, 0.25) is 0 Å². The molecule has 0 aromatic heterocycles. The van der Waals surface area contributed by atoms with Gasteiger partial charge in [-0.2, -0.15) is 13.2 Å². The van der Waals surface area contributed by atoms with Crippen molar-refractivity contribution >= 4 is 16.9 Å². The van der Waals surface area contributed by atoms with Gasteiger partial charge < -0.3 is 5.32 Å². The maximum atomic E-state index is 12.0. The van der Waals surface area contributed by atoms with Gasteiger partial charge in [0.05, 0.1) is 0 Å². The predicted octanol–water partition coefficient (Wildman–Crippen LogP) is 3.83. The summed E-state index contributed by atoms with van der Waals surface area (Å²) in [6.45, 7) is 5.47. The van der Waals surface area contributed by atoms with Crippen LogP contribution in [-0.2, 0) is 0 Å². The highest BCUT2D eigenvalue weighted by Crippen LogP contribution is 2.34. The van der Waals surface area contributed by atoms with Crippen molar-refractivity contribution < 1.29 is 13.2 Å². The van der Waals surface area contributed by atoms with E-state index < -0.39 is 12.6 Å². The van der Waals surface area contributed by atoms with Crippen molar-refractivity contribution in [3.8, 4) is 0 Å². The van der Waals surface area contributed by atoms with Gasteiger partial charge in [0, 0.05) is 25.3 Å². The third kappa shape index (κ3) is 5.08. The average Bonchev–Trinajstić information content (AvgIpc) is 2.34. The first-order valence-corrected chi connectivity index (χ1v) is 7.37. The SMILES string of the molecule is CCC1(CC)CN=C(NCCCC(F)(F)F)SC1. The molecule has 2 nitrogen and oxygen atoms in total. The standard InChI is InChI=1S/C12H21F3N2S/c1-3-11(4-2)8-17-10(18-9-11)16-7-5-6-12(13,14)15/h3-9H2,1-2H3,(H,16,17). The van der Waals surface area contributed by atoms with E-state index in [0.29, 0.717) is 6.54 Å². The Bertz CT molecular complexity index is 286. The number of nitrogens with one attached hydrogen (secondary N) is 1. The molecule has 0 radical (unpaired) electrons. The summed E-state index contributed by atoms with van der Waals surface area (Å²) in [6, 6.07) is 0. The molecular weight excluding hydrogens is 261 g/mol. The Morgan fingerprint density at radius 1 is 1.33 bits per heavy atom. The van der Waals surface area contributed by atoms with Gasteiger partial charge in [-0.3, -0.25) is 4.99 Å². The van der Waals surface area contributed by atoms with Crippen molar-refractivity contribution in [3.63, 3.8) is 0 Å². The first-order chi connectivity index (χ1) is 8.41. The normalized spacial score (nSPS) is 19.5. The molecule has 1 rings (SSSR count). The molecule has 0 saturated carbocycles. The van der Waals surface area contributed by atoms with Gasteiger partial charge in [-0.1, -0.05) is 25.6 Å². The van der Waals surface area contributed by atoms with E-state index in [2.05, 4.69) is 24.2 Å². The second-order valence-electron chi connectivity index (χ2n) is 4.76. The van der Waals surface area contributed by atoms with Gasteiger partial charge >= 0.3 is 6.18 Å². The Morgan fingerprint density at radius 2 is 2.00 bits per heavy atom. The first kappa shape index (κ1) is 15.7. The fourth-order valence-corrected chi connectivity index (χ4v) is 3.12. The summed E-state index contributed by atoms with van der Waals surface area (Å²) < 4.78 is 35.9. The van der Waals surface area contributed by atoms with Crippen LogP contribution in [0.15, 0.2) is 4.99 Å². The molecule has 0 bridgehead atoms. The topological polar surface area (TPSA) is 24.4 Å². The van der Waals surface area contributed by atoms with Gasteiger partial charge in [0.15, 0.2) is 5.17 Å². The lowest BCUT2D eigenvalue weighted by Crippen LogP contribution is -2.35. The third-order valence-corrected chi connectivity index (χ3v) is 4.79. The predicted molar refractivity (Wildman–Crippen MR) is 71.1 cm³/mol. The lowest BCUT2D eigenvalue weighted by molar-refractivity contribution is -0.135. The summed E-state index contributed by atoms with van der Waals surface area (Å²) in [7, 11) is 0. The minimum atomic E-state index is -4.05. The molecule has 0 saturated heterocycles. The van der Waals surface area contributed by atoms with Crippen LogP contribution in [0.1, 0.15) is 39.5 Å². The molecule has 0 spiro atoms. The largest absolute Gasteiger partial charge is 0.389 e. The molecule has 1 aliphatic rings. The fraction of sp³-hybridized carbons (Fsp3) is 0.917. The number of aliphatic imine (C=N–C) groups is 1. The average molecular weight is 282 g/mol. The molecule has 0 amide bonds. The Labute approximate surface area is 111 Å². The molecule has 0 atom stereocenters. The minimum absolute atomic E-state index is 0.107. The van der Waals surface area contributed by atoms with Crippen LogP contribution in [-0.4, -0.2) is 30.2 Å². The highest BCUT2D eigenvalue weighted by molar-refractivity contribution is 8.13. The third-order valence-electron chi connectivity index (χ3n) is 3.49. The second-order valence-corrected chi connectivity index (χ2v) is 5.73. The van der Waals surface area contributed by atoms with Gasteiger partial charge in [0.25, 0.3) is 0 Å². The van der Waals surface area contributed by atoms with Gasteiger partial charge in [0.1, 0.15) is 0 Å². The number of halogens is 3. The molecule has 1 heterocycles. The quantitative estimate of drug-likeness (QED) is 0.775. The van der Waals surface area contributed by atoms with Crippen molar-refractivity contribution in [1.82, 2.24) is 5.32 Å². The zero-order valence-electron chi connectivity index (χ0n) is 10.9. The molecule has 1 aliphatic heterocycles. The summed E-state index contributed by atoms with van der Waals surface area (Å²) in [5, 5.41) is 3.79. The van der Waals surface area contributed by atoms with Crippen LogP contribution in [0, 0.1) is 5.41 Å².